The molecule has 0 spiro atoms. The van der Waals surface area contributed by atoms with Crippen molar-refractivity contribution in [3.8, 4) is 6.01 Å². The molecule has 1 atom stereocenters. The molecule has 5 N–H and O–H groups in total. The zero-order valence-corrected chi connectivity index (χ0v) is 27.2. The van der Waals surface area contributed by atoms with Gasteiger partial charge in [0.25, 0.3) is 5.91 Å². The number of alkyl halides is 3. The maximum atomic E-state index is 13.0. The Kier molecular flexibility index (Phi) is 12.2. The molecule has 0 radical (unpaired) electrons. The van der Waals surface area contributed by atoms with Crippen molar-refractivity contribution in [3.63, 3.8) is 0 Å². The summed E-state index contributed by atoms with van der Waals surface area (Å²) in [6.07, 6.45) is -2.81. The van der Waals surface area contributed by atoms with Gasteiger partial charge >= 0.3 is 30.0 Å². The molecular formula is C31H34ClF3N8O6. The van der Waals surface area contributed by atoms with Gasteiger partial charge in [-0.05, 0) is 74.6 Å². The SMILES string of the molecule is CCOC(=O)[C@H](CCCNC(=O)C(=O)NC)NC(=O)c1ccc(Nc2nc(NC3(c4ccc(Cl)cc4)CC3)nc(OCC(F)(F)F)n2)cc1. The summed E-state index contributed by atoms with van der Waals surface area (Å²) in [7, 11) is 1.32. The first kappa shape index (κ1) is 36.6. The molecule has 18 heteroatoms. The highest BCUT2D eigenvalue weighted by Crippen LogP contribution is 2.48. The van der Waals surface area contributed by atoms with Crippen LogP contribution in [-0.4, -0.2) is 77.7 Å². The number of esters is 1. The van der Waals surface area contributed by atoms with Crippen LogP contribution in [0.4, 0.5) is 30.8 Å². The summed E-state index contributed by atoms with van der Waals surface area (Å²) in [6, 6.07) is 11.5. The second-order valence-electron chi connectivity index (χ2n) is 10.8. The van der Waals surface area contributed by atoms with E-state index in [9.17, 15) is 32.3 Å². The third kappa shape index (κ3) is 10.9. The zero-order valence-electron chi connectivity index (χ0n) is 26.4. The number of likely N-dealkylation sites (N-methyl/N-ethyl adjacent to an activating group) is 1. The Balaban J connectivity index is 1.44. The van der Waals surface area contributed by atoms with Crippen LogP contribution in [0.3, 0.4) is 0 Å². The Morgan fingerprint density at radius 3 is 2.24 bits per heavy atom. The van der Waals surface area contributed by atoms with E-state index in [1.54, 1.807) is 19.1 Å². The largest absolute Gasteiger partial charge is 0.464 e. The van der Waals surface area contributed by atoms with Crippen molar-refractivity contribution in [3.05, 3.63) is 64.7 Å². The van der Waals surface area contributed by atoms with Gasteiger partial charge in [-0.1, -0.05) is 23.7 Å². The number of amides is 3. The van der Waals surface area contributed by atoms with Gasteiger partial charge in [0.15, 0.2) is 6.61 Å². The molecule has 0 saturated heterocycles. The van der Waals surface area contributed by atoms with Crippen LogP contribution in [0.2, 0.25) is 5.02 Å². The fraction of sp³-hybridized carbons (Fsp3) is 0.387. The summed E-state index contributed by atoms with van der Waals surface area (Å²) in [6.45, 7) is 0.169. The number of aromatic nitrogens is 3. The predicted octanol–water partition coefficient (Wildman–Crippen LogP) is 3.61. The quantitative estimate of drug-likeness (QED) is 0.0883. The maximum absolute atomic E-state index is 13.0. The average Bonchev–Trinajstić information content (AvgIpc) is 3.85. The number of hydrogen-bond donors (Lipinski definition) is 5. The smallest absolute Gasteiger partial charge is 0.422 e. The number of anilines is 3. The molecule has 4 rings (SSSR count). The van der Waals surface area contributed by atoms with Crippen molar-refractivity contribution in [1.82, 2.24) is 30.9 Å². The summed E-state index contributed by atoms with van der Waals surface area (Å²) in [5, 5.41) is 13.8. The molecule has 2 aromatic carbocycles. The number of nitrogens with one attached hydrogen (secondary N) is 5. The van der Waals surface area contributed by atoms with E-state index in [0.29, 0.717) is 10.7 Å². The molecule has 0 bridgehead atoms. The summed E-state index contributed by atoms with van der Waals surface area (Å²) >= 11 is 6.02. The van der Waals surface area contributed by atoms with E-state index in [4.69, 9.17) is 21.1 Å². The number of benzene rings is 2. The lowest BCUT2D eigenvalue weighted by Gasteiger charge is -2.19. The third-order valence-corrected chi connectivity index (χ3v) is 7.40. The van der Waals surface area contributed by atoms with E-state index >= 15 is 0 Å². The van der Waals surface area contributed by atoms with Gasteiger partial charge in [-0.25, -0.2) is 4.79 Å². The topological polar surface area (TPSA) is 186 Å². The molecule has 14 nitrogen and oxygen atoms in total. The Morgan fingerprint density at radius 1 is 0.959 bits per heavy atom. The normalized spacial score (nSPS) is 13.8. The Labute approximate surface area is 283 Å². The van der Waals surface area contributed by atoms with Crippen LogP contribution >= 0.6 is 11.6 Å². The van der Waals surface area contributed by atoms with Crippen molar-refractivity contribution in [1.29, 1.82) is 0 Å². The van der Waals surface area contributed by atoms with Gasteiger partial charge in [0.1, 0.15) is 6.04 Å². The van der Waals surface area contributed by atoms with E-state index in [1.165, 1.54) is 31.3 Å². The Morgan fingerprint density at radius 2 is 1.63 bits per heavy atom. The van der Waals surface area contributed by atoms with Crippen LogP contribution in [0.15, 0.2) is 48.5 Å². The number of carbonyl (C=O) groups excluding carboxylic acids is 4. The van der Waals surface area contributed by atoms with Crippen molar-refractivity contribution in [2.24, 2.45) is 0 Å². The van der Waals surface area contributed by atoms with Crippen molar-refractivity contribution >= 4 is 52.9 Å². The van der Waals surface area contributed by atoms with E-state index in [0.717, 1.165) is 18.4 Å². The molecule has 0 unspecified atom stereocenters. The molecule has 1 saturated carbocycles. The molecule has 1 aliphatic rings. The summed E-state index contributed by atoms with van der Waals surface area (Å²) < 4.78 is 48.6. The van der Waals surface area contributed by atoms with Gasteiger partial charge in [0.2, 0.25) is 11.9 Å². The van der Waals surface area contributed by atoms with Crippen molar-refractivity contribution < 1.29 is 41.8 Å². The molecular weight excluding hydrogens is 673 g/mol. The second kappa shape index (κ2) is 16.3. The maximum Gasteiger partial charge on any atom is 0.422 e. The van der Waals surface area contributed by atoms with E-state index < -0.39 is 54.1 Å². The van der Waals surface area contributed by atoms with Crippen LogP contribution in [0.5, 0.6) is 6.01 Å². The first-order chi connectivity index (χ1) is 23.3. The minimum atomic E-state index is -4.62. The van der Waals surface area contributed by atoms with Gasteiger partial charge in [-0.3, -0.25) is 14.4 Å². The van der Waals surface area contributed by atoms with Crippen molar-refractivity contribution in [2.75, 3.05) is 37.4 Å². The number of nitrogens with zero attached hydrogens (tertiary/aromatic N) is 3. The second-order valence-corrected chi connectivity index (χ2v) is 11.3. The molecule has 49 heavy (non-hydrogen) atoms. The lowest BCUT2D eigenvalue weighted by atomic mass is 10.1. The first-order valence-corrected chi connectivity index (χ1v) is 15.5. The summed E-state index contributed by atoms with van der Waals surface area (Å²) in [5.41, 5.74) is 0.915. The highest BCUT2D eigenvalue weighted by Gasteiger charge is 2.45. The molecule has 0 aliphatic heterocycles. The summed E-state index contributed by atoms with van der Waals surface area (Å²) in [4.78, 5) is 60.8. The Hall–Kier alpha value is -5.19. The highest BCUT2D eigenvalue weighted by atomic mass is 35.5. The minimum Gasteiger partial charge on any atom is -0.464 e. The van der Waals surface area contributed by atoms with Gasteiger partial charge < -0.3 is 36.1 Å². The fourth-order valence-electron chi connectivity index (χ4n) is 4.54. The van der Waals surface area contributed by atoms with E-state index in [2.05, 4.69) is 41.5 Å². The van der Waals surface area contributed by atoms with Crippen LogP contribution in [-0.2, 0) is 24.7 Å². The molecule has 3 amide bonds. The standard InChI is InChI=1S/C31H34ClF3N8O6/c1-3-48-26(47)22(5-4-16-37-25(46)24(45)36-2)39-23(44)18-6-12-21(13-7-18)38-27-40-28(42-29(41-27)49-17-31(33,34)35)43-30(14-15-30)19-8-10-20(32)11-9-19/h6-13,22H,3-5,14-17H2,1-2H3,(H,36,45)(H,37,46)(H,39,44)(H2,38,40,41,42,43)/t22-/m0/s1. The minimum absolute atomic E-state index is 0.0173. The zero-order chi connectivity index (χ0) is 35.6. The fourth-order valence-corrected chi connectivity index (χ4v) is 4.67. The average molecular weight is 707 g/mol. The van der Waals surface area contributed by atoms with Gasteiger partial charge in [-0.2, -0.15) is 28.1 Å². The number of rotatable bonds is 15. The van der Waals surface area contributed by atoms with Gasteiger partial charge in [0, 0.05) is 29.9 Å². The van der Waals surface area contributed by atoms with Crippen LogP contribution < -0.4 is 31.3 Å². The predicted molar refractivity (Wildman–Crippen MR) is 171 cm³/mol. The lowest BCUT2D eigenvalue weighted by Crippen LogP contribution is -2.43. The van der Waals surface area contributed by atoms with Crippen LogP contribution in [0, 0.1) is 0 Å². The van der Waals surface area contributed by atoms with Gasteiger partial charge in [0.05, 0.1) is 12.1 Å². The number of carbonyl (C=O) groups is 4. The van der Waals surface area contributed by atoms with Crippen molar-refractivity contribution in [2.45, 2.75) is 50.4 Å². The van der Waals surface area contributed by atoms with E-state index in [1.807, 2.05) is 12.1 Å². The molecule has 1 aromatic heterocycles. The number of ether oxygens (including phenoxy) is 2. The van der Waals surface area contributed by atoms with Gasteiger partial charge in [-0.15, -0.1) is 0 Å². The molecule has 262 valence electrons. The third-order valence-electron chi connectivity index (χ3n) is 7.15. The van der Waals surface area contributed by atoms with Crippen LogP contribution in [0.25, 0.3) is 0 Å². The van der Waals surface area contributed by atoms with E-state index in [-0.39, 0.29) is 43.5 Å². The van der Waals surface area contributed by atoms with Crippen LogP contribution in [0.1, 0.15) is 48.5 Å². The molecule has 3 aromatic rings. The molecule has 1 fully saturated rings. The monoisotopic (exact) mass is 706 g/mol. The Bertz CT molecular complexity index is 1640. The number of hydrogen-bond acceptors (Lipinski definition) is 11. The number of halogens is 4. The lowest BCUT2D eigenvalue weighted by molar-refractivity contribution is -0.154. The highest BCUT2D eigenvalue weighted by molar-refractivity contribution is 6.35. The molecule has 1 aliphatic carbocycles. The summed E-state index contributed by atoms with van der Waals surface area (Å²) in [5.74, 6) is -3.03. The first-order valence-electron chi connectivity index (χ1n) is 15.1. The molecule has 1 heterocycles.